The summed E-state index contributed by atoms with van der Waals surface area (Å²) in [5.74, 6) is 1.71. The molecule has 17 heavy (non-hydrogen) atoms. The Kier molecular flexibility index (Phi) is 5.78. The average Bonchev–Trinajstić information content (AvgIpc) is 2.35. The molecule has 0 heterocycles. The van der Waals surface area contributed by atoms with Crippen LogP contribution in [0.3, 0.4) is 0 Å². The first kappa shape index (κ1) is 14.3. The Labute approximate surface area is 112 Å². The van der Waals surface area contributed by atoms with Crippen molar-refractivity contribution in [2.75, 3.05) is 21.3 Å². The van der Waals surface area contributed by atoms with Crippen molar-refractivity contribution in [3.8, 4) is 11.5 Å². The van der Waals surface area contributed by atoms with Gasteiger partial charge in [-0.3, -0.25) is 0 Å². The van der Waals surface area contributed by atoms with Crippen LogP contribution in [0.2, 0.25) is 0 Å². The summed E-state index contributed by atoms with van der Waals surface area (Å²) in [4.78, 5) is 0. The molecule has 1 unspecified atom stereocenters. The first-order valence-electron chi connectivity index (χ1n) is 5.76. The Morgan fingerprint density at radius 3 is 2.35 bits per heavy atom. The van der Waals surface area contributed by atoms with Crippen LogP contribution in [-0.2, 0) is 0 Å². The number of hydrogen-bond donors (Lipinski definition) is 1. The third kappa shape index (κ3) is 3.36. The molecule has 1 rings (SSSR count). The van der Waals surface area contributed by atoms with Crippen LogP contribution in [0.15, 0.2) is 16.6 Å². The molecular formula is C13H20BrNO2. The summed E-state index contributed by atoms with van der Waals surface area (Å²) in [5, 5.41) is 3.31. The van der Waals surface area contributed by atoms with Crippen LogP contribution in [0, 0.1) is 0 Å². The minimum absolute atomic E-state index is 0.289. The maximum Gasteiger partial charge on any atom is 0.133 e. The van der Waals surface area contributed by atoms with E-state index in [1.54, 1.807) is 14.2 Å². The van der Waals surface area contributed by atoms with Crippen molar-refractivity contribution >= 4 is 15.9 Å². The molecule has 0 saturated heterocycles. The van der Waals surface area contributed by atoms with Gasteiger partial charge < -0.3 is 14.8 Å². The van der Waals surface area contributed by atoms with Crippen LogP contribution in [-0.4, -0.2) is 21.3 Å². The van der Waals surface area contributed by atoms with E-state index in [0.717, 1.165) is 34.4 Å². The molecule has 0 aliphatic carbocycles. The molecule has 0 spiro atoms. The third-order valence-electron chi connectivity index (χ3n) is 2.81. The topological polar surface area (TPSA) is 30.5 Å². The van der Waals surface area contributed by atoms with Crippen molar-refractivity contribution in [1.29, 1.82) is 0 Å². The molecule has 0 aliphatic heterocycles. The predicted octanol–water partition coefficient (Wildman–Crippen LogP) is 3.53. The number of ether oxygens (including phenoxy) is 2. The van der Waals surface area contributed by atoms with Crippen molar-refractivity contribution in [2.45, 2.75) is 25.8 Å². The van der Waals surface area contributed by atoms with Gasteiger partial charge in [-0.1, -0.05) is 13.3 Å². The van der Waals surface area contributed by atoms with E-state index in [4.69, 9.17) is 9.47 Å². The highest BCUT2D eigenvalue weighted by Crippen LogP contribution is 2.36. The quantitative estimate of drug-likeness (QED) is 0.872. The lowest BCUT2D eigenvalue weighted by Crippen LogP contribution is -2.17. The highest BCUT2D eigenvalue weighted by molar-refractivity contribution is 9.10. The van der Waals surface area contributed by atoms with Gasteiger partial charge in [0.05, 0.1) is 18.7 Å². The molecule has 0 saturated carbocycles. The third-order valence-corrected chi connectivity index (χ3v) is 3.43. The zero-order valence-electron chi connectivity index (χ0n) is 10.8. The first-order valence-corrected chi connectivity index (χ1v) is 6.55. The second-order valence-electron chi connectivity index (χ2n) is 3.86. The molecule has 1 aromatic carbocycles. The molecule has 4 heteroatoms. The highest BCUT2D eigenvalue weighted by Gasteiger charge is 2.16. The fourth-order valence-electron chi connectivity index (χ4n) is 1.90. The zero-order chi connectivity index (χ0) is 12.8. The molecule has 1 N–H and O–H groups in total. The minimum Gasteiger partial charge on any atom is -0.496 e. The van der Waals surface area contributed by atoms with Crippen LogP contribution in [0.1, 0.15) is 31.4 Å². The number of hydrogen-bond acceptors (Lipinski definition) is 3. The summed E-state index contributed by atoms with van der Waals surface area (Å²) >= 11 is 3.47. The van der Waals surface area contributed by atoms with Crippen molar-refractivity contribution in [2.24, 2.45) is 0 Å². The van der Waals surface area contributed by atoms with Crippen molar-refractivity contribution in [3.63, 3.8) is 0 Å². The van der Waals surface area contributed by atoms with Crippen molar-refractivity contribution < 1.29 is 9.47 Å². The van der Waals surface area contributed by atoms with E-state index in [1.807, 2.05) is 19.2 Å². The fourth-order valence-corrected chi connectivity index (χ4v) is 2.38. The minimum atomic E-state index is 0.289. The Morgan fingerprint density at radius 2 is 1.88 bits per heavy atom. The number of nitrogens with one attached hydrogen (secondary N) is 1. The van der Waals surface area contributed by atoms with Gasteiger partial charge in [0.15, 0.2) is 0 Å². The van der Waals surface area contributed by atoms with Gasteiger partial charge in [-0.15, -0.1) is 0 Å². The second kappa shape index (κ2) is 6.87. The molecule has 0 fully saturated rings. The lowest BCUT2D eigenvalue weighted by Gasteiger charge is -2.20. The van der Waals surface area contributed by atoms with Crippen LogP contribution < -0.4 is 14.8 Å². The van der Waals surface area contributed by atoms with E-state index in [9.17, 15) is 0 Å². The largest absolute Gasteiger partial charge is 0.496 e. The molecule has 1 atom stereocenters. The van der Waals surface area contributed by atoms with Gasteiger partial charge in [-0.05, 0) is 41.5 Å². The molecule has 0 amide bonds. The number of halogens is 1. The van der Waals surface area contributed by atoms with Crippen molar-refractivity contribution in [3.05, 3.63) is 22.2 Å². The maximum atomic E-state index is 5.43. The SMILES string of the molecule is CCCC(NC)c1cc(OC)c(Br)cc1OC. The standard InChI is InChI=1S/C13H20BrNO2/c1-5-6-11(15-2)9-7-13(17-4)10(14)8-12(9)16-3/h7-8,11,15H,5-6H2,1-4H3. The number of rotatable bonds is 6. The predicted molar refractivity (Wildman–Crippen MR) is 74.0 cm³/mol. The lowest BCUT2D eigenvalue weighted by molar-refractivity contribution is 0.387. The molecule has 0 aliphatic rings. The highest BCUT2D eigenvalue weighted by atomic mass is 79.9. The zero-order valence-corrected chi connectivity index (χ0v) is 12.4. The van der Waals surface area contributed by atoms with Crippen LogP contribution in [0.4, 0.5) is 0 Å². The molecule has 0 aromatic heterocycles. The molecular weight excluding hydrogens is 282 g/mol. The van der Waals surface area contributed by atoms with Crippen LogP contribution in [0.25, 0.3) is 0 Å². The van der Waals surface area contributed by atoms with Gasteiger partial charge in [0.2, 0.25) is 0 Å². The Bertz CT molecular complexity index is 369. The summed E-state index contributed by atoms with van der Waals surface area (Å²) < 4.78 is 11.7. The molecule has 0 radical (unpaired) electrons. The average molecular weight is 302 g/mol. The Morgan fingerprint density at radius 1 is 1.24 bits per heavy atom. The Hall–Kier alpha value is -0.740. The van der Waals surface area contributed by atoms with Crippen LogP contribution in [0.5, 0.6) is 11.5 Å². The summed E-state index contributed by atoms with van der Waals surface area (Å²) in [6.45, 7) is 2.17. The van der Waals surface area contributed by atoms with E-state index < -0.39 is 0 Å². The van der Waals surface area contributed by atoms with Crippen molar-refractivity contribution in [1.82, 2.24) is 5.32 Å². The van der Waals surface area contributed by atoms with Gasteiger partial charge in [0.25, 0.3) is 0 Å². The van der Waals surface area contributed by atoms with Gasteiger partial charge in [-0.2, -0.15) is 0 Å². The smallest absolute Gasteiger partial charge is 0.133 e. The van der Waals surface area contributed by atoms with E-state index in [-0.39, 0.29) is 6.04 Å². The van der Waals surface area contributed by atoms with Gasteiger partial charge in [0, 0.05) is 11.6 Å². The lowest BCUT2D eigenvalue weighted by atomic mass is 10.0. The first-order chi connectivity index (χ1) is 8.17. The van der Waals surface area contributed by atoms with E-state index >= 15 is 0 Å². The molecule has 1 aromatic rings. The summed E-state index contributed by atoms with van der Waals surface area (Å²) in [6, 6.07) is 4.27. The summed E-state index contributed by atoms with van der Waals surface area (Å²) in [6.07, 6.45) is 2.19. The Balaban J connectivity index is 3.18. The summed E-state index contributed by atoms with van der Waals surface area (Å²) in [5.41, 5.74) is 1.14. The van der Waals surface area contributed by atoms with E-state index in [0.29, 0.717) is 0 Å². The van der Waals surface area contributed by atoms with E-state index in [1.165, 1.54) is 0 Å². The number of benzene rings is 1. The van der Waals surface area contributed by atoms with Gasteiger partial charge in [0.1, 0.15) is 11.5 Å². The van der Waals surface area contributed by atoms with Gasteiger partial charge >= 0.3 is 0 Å². The van der Waals surface area contributed by atoms with Gasteiger partial charge in [-0.25, -0.2) is 0 Å². The molecule has 96 valence electrons. The summed E-state index contributed by atoms with van der Waals surface area (Å²) in [7, 11) is 5.33. The molecule has 0 bridgehead atoms. The maximum absolute atomic E-state index is 5.43. The number of methoxy groups -OCH3 is 2. The molecule has 3 nitrogen and oxygen atoms in total. The second-order valence-corrected chi connectivity index (χ2v) is 4.71. The normalized spacial score (nSPS) is 12.3. The van der Waals surface area contributed by atoms with E-state index in [2.05, 4.69) is 28.2 Å². The van der Waals surface area contributed by atoms with Crippen LogP contribution >= 0.6 is 15.9 Å². The monoisotopic (exact) mass is 301 g/mol. The fraction of sp³-hybridized carbons (Fsp3) is 0.538.